The number of hydrogen-bond acceptors (Lipinski definition) is 3. The maximum atomic E-state index is 4.42. The van der Waals surface area contributed by atoms with Crippen molar-refractivity contribution in [3.8, 4) is 0 Å². The summed E-state index contributed by atoms with van der Waals surface area (Å²) in [5.74, 6) is 1.87. The van der Waals surface area contributed by atoms with E-state index in [1.807, 2.05) is 7.05 Å². The smallest absolute Gasteiger partial charge is 0.191 e. The highest BCUT2D eigenvalue weighted by Gasteiger charge is 2.24. The Kier molecular flexibility index (Phi) is 6.96. The molecular formula is C17H35N5. The van der Waals surface area contributed by atoms with E-state index in [0.717, 1.165) is 31.5 Å². The second-order valence-corrected chi connectivity index (χ2v) is 7.13. The minimum absolute atomic E-state index is 0.562. The normalized spacial score (nSPS) is 32.0. The minimum Gasteiger partial charge on any atom is -0.355 e. The van der Waals surface area contributed by atoms with Crippen molar-refractivity contribution in [3.05, 3.63) is 0 Å². The standard InChI is InChI=1S/C17H35N5/c1-5-14-7-6-8-15(11-14)20-17(18-2)19-12-16-13-21(3)9-10-22(16)4/h14-16H,5-13H2,1-4H3,(H2,18,19,20). The molecule has 1 aliphatic carbocycles. The third-order valence-electron chi connectivity index (χ3n) is 5.41. The molecule has 0 radical (unpaired) electrons. The Morgan fingerprint density at radius 2 is 2.05 bits per heavy atom. The van der Waals surface area contributed by atoms with Crippen LogP contribution in [0.5, 0.6) is 0 Å². The SMILES string of the molecule is CCC1CCCC(NC(=NC)NCC2CN(C)CCN2C)C1. The van der Waals surface area contributed by atoms with Crippen LogP contribution in [0.2, 0.25) is 0 Å². The zero-order chi connectivity index (χ0) is 15.9. The highest BCUT2D eigenvalue weighted by Crippen LogP contribution is 2.26. The average Bonchev–Trinajstić information content (AvgIpc) is 2.54. The van der Waals surface area contributed by atoms with Crippen molar-refractivity contribution in [2.75, 3.05) is 47.3 Å². The number of piperazine rings is 1. The van der Waals surface area contributed by atoms with Crippen LogP contribution in [-0.2, 0) is 0 Å². The van der Waals surface area contributed by atoms with Gasteiger partial charge in [0.2, 0.25) is 0 Å². The first kappa shape index (κ1) is 17.5. The molecular weight excluding hydrogens is 274 g/mol. The van der Waals surface area contributed by atoms with Crippen LogP contribution >= 0.6 is 0 Å². The number of rotatable bonds is 4. The van der Waals surface area contributed by atoms with Gasteiger partial charge in [-0.3, -0.25) is 9.89 Å². The van der Waals surface area contributed by atoms with Crippen molar-refractivity contribution in [3.63, 3.8) is 0 Å². The van der Waals surface area contributed by atoms with Crippen LogP contribution in [0.4, 0.5) is 0 Å². The van der Waals surface area contributed by atoms with E-state index in [1.54, 1.807) is 0 Å². The highest BCUT2D eigenvalue weighted by molar-refractivity contribution is 5.80. The van der Waals surface area contributed by atoms with Crippen LogP contribution in [0, 0.1) is 5.92 Å². The predicted octanol–water partition coefficient (Wildman–Crippen LogP) is 1.37. The first-order valence-electron chi connectivity index (χ1n) is 8.98. The van der Waals surface area contributed by atoms with E-state index in [4.69, 9.17) is 0 Å². The largest absolute Gasteiger partial charge is 0.355 e. The molecule has 2 rings (SSSR count). The maximum Gasteiger partial charge on any atom is 0.191 e. The summed E-state index contributed by atoms with van der Waals surface area (Å²) in [6, 6.07) is 1.16. The lowest BCUT2D eigenvalue weighted by atomic mass is 9.84. The Bertz CT molecular complexity index is 357. The van der Waals surface area contributed by atoms with Crippen molar-refractivity contribution in [2.45, 2.75) is 51.1 Å². The van der Waals surface area contributed by atoms with Gasteiger partial charge in [-0.25, -0.2) is 0 Å². The van der Waals surface area contributed by atoms with Crippen molar-refractivity contribution in [2.24, 2.45) is 10.9 Å². The van der Waals surface area contributed by atoms with Crippen LogP contribution in [0.15, 0.2) is 4.99 Å². The molecule has 3 atom stereocenters. The lowest BCUT2D eigenvalue weighted by Crippen LogP contribution is -2.56. The number of aliphatic imine (C=N–C) groups is 1. The van der Waals surface area contributed by atoms with Crippen molar-refractivity contribution < 1.29 is 0 Å². The quantitative estimate of drug-likeness (QED) is 0.608. The molecule has 3 unspecified atom stereocenters. The molecule has 2 N–H and O–H groups in total. The summed E-state index contributed by atoms with van der Waals surface area (Å²) in [5, 5.41) is 7.18. The fourth-order valence-corrected chi connectivity index (χ4v) is 3.72. The summed E-state index contributed by atoms with van der Waals surface area (Å²) < 4.78 is 0. The lowest BCUT2D eigenvalue weighted by molar-refractivity contribution is 0.116. The molecule has 128 valence electrons. The Morgan fingerprint density at radius 1 is 1.23 bits per heavy atom. The summed E-state index contributed by atoms with van der Waals surface area (Å²) >= 11 is 0. The van der Waals surface area contributed by atoms with E-state index in [9.17, 15) is 0 Å². The minimum atomic E-state index is 0.562. The van der Waals surface area contributed by atoms with Gasteiger partial charge < -0.3 is 15.5 Å². The predicted molar refractivity (Wildman–Crippen MR) is 94.4 cm³/mol. The van der Waals surface area contributed by atoms with E-state index < -0.39 is 0 Å². The molecule has 2 aliphatic rings. The van der Waals surface area contributed by atoms with Gasteiger partial charge in [0.1, 0.15) is 0 Å². The zero-order valence-corrected chi connectivity index (χ0v) is 14.9. The van der Waals surface area contributed by atoms with Gasteiger partial charge in [-0.1, -0.05) is 26.2 Å². The van der Waals surface area contributed by atoms with E-state index in [1.165, 1.54) is 38.6 Å². The summed E-state index contributed by atoms with van der Waals surface area (Å²) in [6.07, 6.45) is 6.64. The van der Waals surface area contributed by atoms with Crippen LogP contribution in [0.1, 0.15) is 39.0 Å². The molecule has 0 aromatic heterocycles. The molecule has 1 saturated heterocycles. The third-order valence-corrected chi connectivity index (χ3v) is 5.41. The molecule has 1 saturated carbocycles. The molecule has 0 aromatic rings. The molecule has 22 heavy (non-hydrogen) atoms. The molecule has 0 amide bonds. The molecule has 0 spiro atoms. The fourth-order valence-electron chi connectivity index (χ4n) is 3.72. The van der Waals surface area contributed by atoms with Gasteiger partial charge in [-0.05, 0) is 32.9 Å². The third kappa shape index (κ3) is 5.13. The van der Waals surface area contributed by atoms with Crippen molar-refractivity contribution >= 4 is 5.96 Å². The Labute approximate surface area is 136 Å². The number of nitrogens with zero attached hydrogens (tertiary/aromatic N) is 3. The van der Waals surface area contributed by atoms with E-state index in [2.05, 4.69) is 46.4 Å². The number of guanidine groups is 1. The monoisotopic (exact) mass is 309 g/mol. The summed E-state index contributed by atoms with van der Waals surface area (Å²) in [7, 11) is 6.31. The Hall–Kier alpha value is -0.810. The van der Waals surface area contributed by atoms with Gasteiger partial charge in [0.15, 0.2) is 5.96 Å². The van der Waals surface area contributed by atoms with Crippen molar-refractivity contribution in [1.29, 1.82) is 0 Å². The van der Waals surface area contributed by atoms with Gasteiger partial charge in [0, 0.05) is 45.3 Å². The second-order valence-electron chi connectivity index (χ2n) is 7.13. The van der Waals surface area contributed by atoms with Crippen molar-refractivity contribution in [1.82, 2.24) is 20.4 Å². The highest BCUT2D eigenvalue weighted by atomic mass is 15.3. The lowest BCUT2D eigenvalue weighted by Gasteiger charge is -2.38. The zero-order valence-electron chi connectivity index (χ0n) is 14.9. The average molecular weight is 310 g/mol. The molecule has 1 heterocycles. The van der Waals surface area contributed by atoms with E-state index in [0.29, 0.717) is 12.1 Å². The maximum absolute atomic E-state index is 4.42. The van der Waals surface area contributed by atoms with Gasteiger partial charge in [0.05, 0.1) is 0 Å². The van der Waals surface area contributed by atoms with Crippen LogP contribution in [0.3, 0.4) is 0 Å². The Morgan fingerprint density at radius 3 is 2.77 bits per heavy atom. The molecule has 1 aliphatic heterocycles. The summed E-state index contributed by atoms with van der Waals surface area (Å²) in [5.41, 5.74) is 0. The summed E-state index contributed by atoms with van der Waals surface area (Å²) in [4.78, 5) is 9.29. The second kappa shape index (κ2) is 8.73. The van der Waals surface area contributed by atoms with Gasteiger partial charge >= 0.3 is 0 Å². The molecule has 5 nitrogen and oxygen atoms in total. The van der Waals surface area contributed by atoms with Gasteiger partial charge in [0.25, 0.3) is 0 Å². The number of likely N-dealkylation sites (N-methyl/N-ethyl adjacent to an activating group) is 2. The fraction of sp³-hybridized carbons (Fsp3) is 0.941. The molecule has 0 bridgehead atoms. The van der Waals surface area contributed by atoms with Gasteiger partial charge in [-0.15, -0.1) is 0 Å². The molecule has 0 aromatic carbocycles. The first-order chi connectivity index (χ1) is 10.6. The molecule has 5 heteroatoms. The van der Waals surface area contributed by atoms with E-state index >= 15 is 0 Å². The first-order valence-corrected chi connectivity index (χ1v) is 8.98. The topological polar surface area (TPSA) is 42.9 Å². The summed E-state index contributed by atoms with van der Waals surface area (Å²) in [6.45, 7) is 6.72. The van der Waals surface area contributed by atoms with E-state index in [-0.39, 0.29) is 0 Å². The Balaban J connectivity index is 1.77. The number of nitrogens with one attached hydrogen (secondary N) is 2. The van der Waals surface area contributed by atoms with Crippen LogP contribution in [0.25, 0.3) is 0 Å². The number of hydrogen-bond donors (Lipinski definition) is 2. The van der Waals surface area contributed by atoms with Gasteiger partial charge in [-0.2, -0.15) is 0 Å². The molecule has 2 fully saturated rings. The van der Waals surface area contributed by atoms with Crippen LogP contribution in [-0.4, -0.2) is 75.2 Å². The van der Waals surface area contributed by atoms with Crippen LogP contribution < -0.4 is 10.6 Å².